The second-order valence-corrected chi connectivity index (χ2v) is 9.66. The highest BCUT2D eigenvalue weighted by Crippen LogP contribution is 2.39. The van der Waals surface area contributed by atoms with Gasteiger partial charge >= 0.3 is 0 Å². The van der Waals surface area contributed by atoms with Crippen LogP contribution in [-0.2, 0) is 16.9 Å². The van der Waals surface area contributed by atoms with Crippen LogP contribution in [0.5, 0.6) is 0 Å². The summed E-state index contributed by atoms with van der Waals surface area (Å²) in [6.45, 7) is 12.4. The number of amides is 1. The molecular weight excluding hydrogens is 453 g/mol. The number of carbonyl (C=O) groups is 1. The van der Waals surface area contributed by atoms with Crippen LogP contribution in [0.25, 0.3) is 11.3 Å². The van der Waals surface area contributed by atoms with Crippen LogP contribution >= 0.6 is 0 Å². The molecule has 3 aromatic rings. The van der Waals surface area contributed by atoms with Crippen molar-refractivity contribution >= 4 is 5.91 Å². The molecule has 0 saturated heterocycles. The summed E-state index contributed by atoms with van der Waals surface area (Å²) >= 11 is 0. The Morgan fingerprint density at radius 1 is 1.06 bits per heavy atom. The number of benzene rings is 2. The number of aryl methyl sites for hydroxylation is 2. The molecule has 1 aliphatic rings. The molecule has 1 amide bonds. The number of aromatic nitrogens is 2. The van der Waals surface area contributed by atoms with Crippen LogP contribution < -0.4 is 5.73 Å². The molecule has 5 nitrogen and oxygen atoms in total. The minimum atomic E-state index is -0.678. The third kappa shape index (κ3) is 5.27. The number of hydrogen-bond acceptors (Lipinski definition) is 3. The average Bonchev–Trinajstić information content (AvgIpc) is 3.19. The number of halogens is 3. The standard InChI is InChI=1S/C20H26F2N4O.C7H7F/c1-11(2)18-17(13-8-12(3)14(21)9-15(13)22)24-19-20(4,5)26(16(27)10-23)7-6-25(18)19;1-6-2-4-7(8)5-3-6/h8-9,11H,6-7,10,23H2,1-5H3;2-5H,1H3. The Hall–Kier alpha value is -3.13. The first-order valence-electron chi connectivity index (χ1n) is 11.7. The Balaban J connectivity index is 0.000000363. The molecule has 2 N–H and O–H groups in total. The van der Waals surface area contributed by atoms with E-state index in [1.54, 1.807) is 24.0 Å². The Bertz CT molecular complexity index is 1200. The largest absolute Gasteiger partial charge is 0.327 e. The SMILES string of the molecule is Cc1cc(-c2nc3n(c2C(C)C)CCN(C(=O)CN)C3(C)C)c(F)cc1F.Cc1ccc(F)cc1. The van der Waals surface area contributed by atoms with Gasteiger partial charge in [-0.2, -0.15) is 0 Å². The summed E-state index contributed by atoms with van der Waals surface area (Å²) in [5.41, 5.74) is 8.03. The number of rotatable bonds is 3. The predicted octanol–water partition coefficient (Wildman–Crippen LogP) is 5.43. The molecule has 0 saturated carbocycles. The first-order valence-corrected chi connectivity index (χ1v) is 11.7. The third-order valence-corrected chi connectivity index (χ3v) is 6.31. The number of nitrogens with zero attached hydrogens (tertiary/aromatic N) is 3. The molecule has 2 heterocycles. The van der Waals surface area contributed by atoms with Gasteiger partial charge in [0.05, 0.1) is 17.8 Å². The Labute approximate surface area is 204 Å². The normalized spacial score (nSPS) is 14.4. The second kappa shape index (κ2) is 10.2. The average molecular weight is 487 g/mol. The molecule has 0 bridgehead atoms. The van der Waals surface area contributed by atoms with Gasteiger partial charge in [-0.3, -0.25) is 4.79 Å². The van der Waals surface area contributed by atoms with Gasteiger partial charge in [0.2, 0.25) is 5.91 Å². The lowest BCUT2D eigenvalue weighted by Gasteiger charge is -2.42. The third-order valence-electron chi connectivity index (χ3n) is 6.31. The summed E-state index contributed by atoms with van der Waals surface area (Å²) < 4.78 is 42.5. The van der Waals surface area contributed by atoms with Crippen molar-refractivity contribution in [3.63, 3.8) is 0 Å². The van der Waals surface area contributed by atoms with Gasteiger partial charge < -0.3 is 15.2 Å². The molecule has 0 fully saturated rings. The Kier molecular flexibility index (Phi) is 7.74. The highest BCUT2D eigenvalue weighted by molar-refractivity contribution is 5.79. The molecule has 0 aliphatic carbocycles. The molecule has 1 aliphatic heterocycles. The maximum absolute atomic E-state index is 14.6. The summed E-state index contributed by atoms with van der Waals surface area (Å²) in [5, 5.41) is 0. The van der Waals surface area contributed by atoms with Crippen LogP contribution in [0.2, 0.25) is 0 Å². The molecule has 0 unspecified atom stereocenters. The highest BCUT2D eigenvalue weighted by Gasteiger charge is 2.41. The lowest BCUT2D eigenvalue weighted by atomic mass is 9.98. The van der Waals surface area contributed by atoms with Crippen LogP contribution in [0.1, 0.15) is 56.3 Å². The summed E-state index contributed by atoms with van der Waals surface area (Å²) in [6.07, 6.45) is 0. The van der Waals surface area contributed by atoms with Crippen molar-refractivity contribution in [3.05, 3.63) is 76.5 Å². The van der Waals surface area contributed by atoms with E-state index in [9.17, 15) is 18.0 Å². The summed E-state index contributed by atoms with van der Waals surface area (Å²) in [5.74, 6) is -0.759. The zero-order valence-corrected chi connectivity index (χ0v) is 21.1. The molecule has 8 heteroatoms. The maximum Gasteiger partial charge on any atom is 0.237 e. The number of fused-ring (bicyclic) bond motifs is 1. The van der Waals surface area contributed by atoms with E-state index in [0.29, 0.717) is 30.2 Å². The minimum Gasteiger partial charge on any atom is -0.327 e. The molecule has 0 radical (unpaired) electrons. The fourth-order valence-electron chi connectivity index (χ4n) is 4.46. The van der Waals surface area contributed by atoms with E-state index < -0.39 is 17.2 Å². The van der Waals surface area contributed by atoms with Crippen molar-refractivity contribution in [2.75, 3.05) is 13.1 Å². The van der Waals surface area contributed by atoms with Crippen LogP contribution in [0.3, 0.4) is 0 Å². The Morgan fingerprint density at radius 2 is 1.69 bits per heavy atom. The second-order valence-electron chi connectivity index (χ2n) is 9.66. The number of nitrogens with two attached hydrogens (primary N) is 1. The maximum atomic E-state index is 14.6. The van der Waals surface area contributed by atoms with Crippen molar-refractivity contribution in [1.82, 2.24) is 14.5 Å². The van der Waals surface area contributed by atoms with E-state index in [-0.39, 0.29) is 29.8 Å². The smallest absolute Gasteiger partial charge is 0.237 e. The number of imidazole rings is 1. The van der Waals surface area contributed by atoms with Gasteiger partial charge in [0.1, 0.15) is 23.3 Å². The molecule has 188 valence electrons. The highest BCUT2D eigenvalue weighted by atomic mass is 19.1. The van der Waals surface area contributed by atoms with Gasteiger partial charge in [-0.05, 0) is 57.4 Å². The van der Waals surface area contributed by atoms with E-state index in [0.717, 1.165) is 17.3 Å². The zero-order chi connectivity index (χ0) is 26.1. The summed E-state index contributed by atoms with van der Waals surface area (Å²) in [6, 6.07) is 8.80. The van der Waals surface area contributed by atoms with Gasteiger partial charge in [-0.15, -0.1) is 0 Å². The molecule has 35 heavy (non-hydrogen) atoms. The van der Waals surface area contributed by atoms with Gasteiger partial charge in [0, 0.05) is 30.4 Å². The number of carbonyl (C=O) groups excluding carboxylic acids is 1. The van der Waals surface area contributed by atoms with Gasteiger partial charge in [-0.1, -0.05) is 31.5 Å². The van der Waals surface area contributed by atoms with Crippen molar-refractivity contribution in [3.8, 4) is 11.3 Å². The molecule has 2 aromatic carbocycles. The Morgan fingerprint density at radius 3 is 2.23 bits per heavy atom. The number of hydrogen-bond donors (Lipinski definition) is 1. The first-order chi connectivity index (χ1) is 16.4. The summed E-state index contributed by atoms with van der Waals surface area (Å²) in [4.78, 5) is 18.8. The fourth-order valence-corrected chi connectivity index (χ4v) is 4.46. The van der Waals surface area contributed by atoms with Crippen LogP contribution in [0, 0.1) is 31.3 Å². The van der Waals surface area contributed by atoms with Crippen molar-refractivity contribution in [2.45, 2.75) is 59.5 Å². The van der Waals surface area contributed by atoms with Crippen molar-refractivity contribution < 1.29 is 18.0 Å². The van der Waals surface area contributed by atoms with Crippen LogP contribution in [0.15, 0.2) is 36.4 Å². The van der Waals surface area contributed by atoms with Crippen LogP contribution in [-0.4, -0.2) is 33.4 Å². The molecule has 0 atom stereocenters. The van der Waals surface area contributed by atoms with E-state index >= 15 is 0 Å². The van der Waals surface area contributed by atoms with E-state index in [1.807, 2.05) is 34.6 Å². The first kappa shape index (κ1) is 26.5. The molecular formula is C27H33F3N4O. The van der Waals surface area contributed by atoms with Gasteiger partial charge in [0.15, 0.2) is 0 Å². The quantitative estimate of drug-likeness (QED) is 0.537. The lowest BCUT2D eigenvalue weighted by Crippen LogP contribution is -2.53. The van der Waals surface area contributed by atoms with Gasteiger partial charge in [0.25, 0.3) is 0 Å². The molecule has 1 aromatic heterocycles. The topological polar surface area (TPSA) is 64.2 Å². The van der Waals surface area contributed by atoms with Gasteiger partial charge in [-0.25, -0.2) is 18.2 Å². The summed E-state index contributed by atoms with van der Waals surface area (Å²) in [7, 11) is 0. The zero-order valence-electron chi connectivity index (χ0n) is 21.1. The van der Waals surface area contributed by atoms with Crippen LogP contribution in [0.4, 0.5) is 13.2 Å². The van der Waals surface area contributed by atoms with E-state index in [2.05, 4.69) is 4.57 Å². The van der Waals surface area contributed by atoms with E-state index in [4.69, 9.17) is 10.7 Å². The van der Waals surface area contributed by atoms with Crippen molar-refractivity contribution in [1.29, 1.82) is 0 Å². The predicted molar refractivity (Wildman–Crippen MR) is 131 cm³/mol. The lowest BCUT2D eigenvalue weighted by molar-refractivity contribution is -0.137. The molecule has 4 rings (SSSR count). The van der Waals surface area contributed by atoms with Crippen molar-refractivity contribution in [2.24, 2.45) is 5.73 Å². The monoisotopic (exact) mass is 486 g/mol. The fraction of sp³-hybridized carbons (Fsp3) is 0.407. The minimum absolute atomic E-state index is 0.0696. The molecule has 0 spiro atoms. The van der Waals surface area contributed by atoms with E-state index in [1.165, 1.54) is 18.2 Å².